The Morgan fingerprint density at radius 3 is 2.44 bits per heavy atom. The molecule has 4 nitrogen and oxygen atoms in total. The normalized spacial score (nSPS) is 12.6. The monoisotopic (exact) mass is 253 g/mol. The fraction of sp³-hybridized carbons (Fsp3) is 0.462. The average Bonchev–Trinajstić information content (AvgIpc) is 2.35. The lowest BCUT2D eigenvalue weighted by molar-refractivity contribution is 0.306. The fourth-order valence-corrected chi connectivity index (χ4v) is 1.54. The topological polar surface area (TPSA) is 61.8 Å². The summed E-state index contributed by atoms with van der Waals surface area (Å²) in [7, 11) is 1.93. The van der Waals surface area contributed by atoms with Gasteiger partial charge in [0.15, 0.2) is 0 Å². The van der Waals surface area contributed by atoms with E-state index in [-0.39, 0.29) is 17.1 Å². The summed E-state index contributed by atoms with van der Waals surface area (Å²) in [5.74, 6) is -0.0286. The molecule has 0 amide bonds. The number of hydrogen-bond acceptors (Lipinski definition) is 3. The maximum atomic E-state index is 12.8. The van der Waals surface area contributed by atoms with Crippen LogP contribution in [0.4, 0.5) is 10.1 Å². The summed E-state index contributed by atoms with van der Waals surface area (Å²) >= 11 is 0. The zero-order chi connectivity index (χ0) is 13.8. The van der Waals surface area contributed by atoms with Crippen LogP contribution < -0.4 is 10.6 Å². The quantitative estimate of drug-likeness (QED) is 0.366. The molecule has 0 spiro atoms. The highest BCUT2D eigenvalue weighted by Gasteiger charge is 2.23. The molecule has 0 heterocycles. The summed E-state index contributed by atoms with van der Waals surface area (Å²) in [5, 5.41) is 11.7. The number of anilines is 1. The highest BCUT2D eigenvalue weighted by molar-refractivity contribution is 5.85. The maximum absolute atomic E-state index is 12.8. The van der Waals surface area contributed by atoms with Gasteiger partial charge in [-0.3, -0.25) is 0 Å². The maximum Gasteiger partial charge on any atom is 0.144 e. The van der Waals surface area contributed by atoms with Crippen molar-refractivity contribution in [2.75, 3.05) is 18.5 Å². The van der Waals surface area contributed by atoms with E-state index in [9.17, 15) is 4.39 Å². The molecular weight excluding hydrogens is 233 g/mol. The van der Waals surface area contributed by atoms with Crippen LogP contribution in [0.1, 0.15) is 20.3 Å². The number of oxime groups is 1. The molecule has 0 atom stereocenters. The molecule has 0 aliphatic carbocycles. The first-order valence-electron chi connectivity index (χ1n) is 5.81. The van der Waals surface area contributed by atoms with Crippen molar-refractivity contribution in [2.45, 2.75) is 20.3 Å². The van der Waals surface area contributed by atoms with Crippen LogP contribution in [0.5, 0.6) is 0 Å². The van der Waals surface area contributed by atoms with E-state index in [1.54, 1.807) is 12.1 Å². The van der Waals surface area contributed by atoms with Crippen molar-refractivity contribution in [1.29, 1.82) is 0 Å². The van der Waals surface area contributed by atoms with Crippen LogP contribution in [0.3, 0.4) is 0 Å². The first kappa shape index (κ1) is 14.3. The van der Waals surface area contributed by atoms with E-state index in [0.29, 0.717) is 0 Å². The van der Waals surface area contributed by atoms with Gasteiger partial charge in [-0.15, -0.1) is 0 Å². The number of benzene rings is 1. The van der Waals surface area contributed by atoms with Crippen molar-refractivity contribution in [3.05, 3.63) is 30.1 Å². The molecular formula is C13H20FN3O. The van der Waals surface area contributed by atoms with Crippen molar-refractivity contribution in [3.63, 3.8) is 0 Å². The number of nitrogens with zero attached hydrogens (tertiary/aromatic N) is 2. The van der Waals surface area contributed by atoms with Crippen molar-refractivity contribution >= 4 is 11.5 Å². The predicted octanol–water partition coefficient (Wildman–Crippen LogP) is 2.42. The molecule has 100 valence electrons. The Labute approximate surface area is 107 Å². The van der Waals surface area contributed by atoms with Gasteiger partial charge in [0.25, 0.3) is 0 Å². The van der Waals surface area contributed by atoms with Crippen LogP contribution in [0.25, 0.3) is 0 Å². The van der Waals surface area contributed by atoms with Gasteiger partial charge in [-0.25, -0.2) is 4.39 Å². The van der Waals surface area contributed by atoms with Crippen LogP contribution in [-0.4, -0.2) is 24.6 Å². The minimum Gasteiger partial charge on any atom is -0.409 e. The van der Waals surface area contributed by atoms with Crippen LogP contribution in [0, 0.1) is 11.2 Å². The lowest BCUT2D eigenvalue weighted by Crippen LogP contribution is -2.35. The van der Waals surface area contributed by atoms with Crippen LogP contribution in [0.2, 0.25) is 0 Å². The summed E-state index contributed by atoms with van der Waals surface area (Å²) < 4.78 is 12.8. The molecule has 0 fully saturated rings. The van der Waals surface area contributed by atoms with E-state index in [1.807, 2.05) is 25.8 Å². The minimum atomic E-state index is -0.372. The number of rotatable bonds is 5. The zero-order valence-electron chi connectivity index (χ0n) is 11.0. The van der Waals surface area contributed by atoms with Gasteiger partial charge in [0.2, 0.25) is 0 Å². The molecule has 0 saturated carbocycles. The highest BCUT2D eigenvalue weighted by atomic mass is 19.1. The van der Waals surface area contributed by atoms with Gasteiger partial charge < -0.3 is 15.8 Å². The molecule has 0 aliphatic rings. The standard InChI is InChI=1S/C13H20FN3O/c1-13(2,12(15)16-18)8-9-17(3)11-6-4-10(14)5-7-11/h4-7,18H,8-9H2,1-3H3,(H2,15,16). The predicted molar refractivity (Wildman–Crippen MR) is 71.5 cm³/mol. The third-order valence-electron chi connectivity index (χ3n) is 3.14. The van der Waals surface area contributed by atoms with E-state index in [0.717, 1.165) is 18.7 Å². The first-order chi connectivity index (χ1) is 8.36. The van der Waals surface area contributed by atoms with Gasteiger partial charge in [-0.2, -0.15) is 0 Å². The largest absolute Gasteiger partial charge is 0.409 e. The van der Waals surface area contributed by atoms with Crippen molar-refractivity contribution in [2.24, 2.45) is 16.3 Å². The number of hydrogen-bond donors (Lipinski definition) is 2. The van der Waals surface area contributed by atoms with E-state index < -0.39 is 0 Å². The lowest BCUT2D eigenvalue weighted by Gasteiger charge is -2.27. The van der Waals surface area contributed by atoms with Gasteiger partial charge in [0.05, 0.1) is 0 Å². The molecule has 0 saturated heterocycles. The van der Waals surface area contributed by atoms with Crippen LogP contribution >= 0.6 is 0 Å². The smallest absolute Gasteiger partial charge is 0.144 e. The number of halogens is 1. The zero-order valence-corrected chi connectivity index (χ0v) is 11.0. The molecule has 1 rings (SSSR count). The summed E-state index contributed by atoms with van der Waals surface area (Å²) in [6, 6.07) is 6.32. The second kappa shape index (κ2) is 5.71. The minimum absolute atomic E-state index is 0.218. The van der Waals surface area contributed by atoms with Crippen molar-refractivity contribution < 1.29 is 9.60 Å². The molecule has 3 N–H and O–H groups in total. The lowest BCUT2D eigenvalue weighted by atomic mass is 9.88. The van der Waals surface area contributed by atoms with E-state index >= 15 is 0 Å². The Bertz CT molecular complexity index is 415. The SMILES string of the molecule is CN(CCC(C)(C)C(N)=NO)c1ccc(F)cc1. The Morgan fingerprint density at radius 1 is 1.39 bits per heavy atom. The number of nitrogens with two attached hydrogens (primary N) is 1. The van der Waals surface area contributed by atoms with Crippen molar-refractivity contribution in [3.8, 4) is 0 Å². The molecule has 0 bridgehead atoms. The first-order valence-corrected chi connectivity index (χ1v) is 5.81. The Balaban J connectivity index is 2.61. The van der Waals surface area contributed by atoms with Crippen molar-refractivity contribution in [1.82, 2.24) is 0 Å². The van der Waals surface area contributed by atoms with Gasteiger partial charge in [-0.05, 0) is 30.7 Å². The second-order valence-corrected chi connectivity index (χ2v) is 5.02. The molecule has 0 radical (unpaired) electrons. The Hall–Kier alpha value is -1.78. The molecule has 18 heavy (non-hydrogen) atoms. The van der Waals surface area contributed by atoms with E-state index in [4.69, 9.17) is 10.9 Å². The molecule has 5 heteroatoms. The Morgan fingerprint density at radius 2 is 1.94 bits per heavy atom. The van der Waals surface area contributed by atoms with Gasteiger partial charge in [0.1, 0.15) is 11.7 Å². The molecule has 1 aromatic carbocycles. The summed E-state index contributed by atoms with van der Waals surface area (Å²) in [4.78, 5) is 2.01. The van der Waals surface area contributed by atoms with Gasteiger partial charge in [-0.1, -0.05) is 19.0 Å². The molecule has 0 aliphatic heterocycles. The summed E-state index contributed by atoms with van der Waals surface area (Å²) in [6.45, 7) is 4.57. The number of amidine groups is 1. The van der Waals surface area contributed by atoms with Crippen LogP contribution in [-0.2, 0) is 0 Å². The van der Waals surface area contributed by atoms with Gasteiger partial charge >= 0.3 is 0 Å². The summed E-state index contributed by atoms with van der Waals surface area (Å²) in [6.07, 6.45) is 0.733. The van der Waals surface area contributed by atoms with Gasteiger partial charge in [0, 0.05) is 24.7 Å². The van der Waals surface area contributed by atoms with E-state index in [2.05, 4.69) is 5.16 Å². The fourth-order valence-electron chi connectivity index (χ4n) is 1.54. The third-order valence-corrected chi connectivity index (χ3v) is 3.14. The third kappa shape index (κ3) is 3.61. The molecule has 0 unspecified atom stereocenters. The average molecular weight is 253 g/mol. The van der Waals surface area contributed by atoms with E-state index in [1.165, 1.54) is 12.1 Å². The molecule has 1 aromatic rings. The van der Waals surface area contributed by atoms with Crippen LogP contribution in [0.15, 0.2) is 29.4 Å². The summed E-state index contributed by atoms with van der Waals surface area (Å²) in [5.41, 5.74) is 6.19. The highest BCUT2D eigenvalue weighted by Crippen LogP contribution is 2.22. The Kier molecular flexibility index (Phi) is 4.53. The molecule has 0 aromatic heterocycles. The second-order valence-electron chi connectivity index (χ2n) is 5.02.